The fraction of sp³-hybridized carbons (Fsp3) is 0.188. The molecule has 0 heterocycles. The molecular weight excluding hydrogens is 373 g/mol. The van der Waals surface area contributed by atoms with Gasteiger partial charge in [-0.05, 0) is 48.7 Å². The Kier molecular flexibility index (Phi) is 4.00. The first-order valence-electron chi connectivity index (χ1n) is 6.54. The van der Waals surface area contributed by atoms with E-state index in [-0.39, 0.29) is 5.91 Å². The Morgan fingerprint density at radius 3 is 2.33 bits per heavy atom. The van der Waals surface area contributed by atoms with Gasteiger partial charge >= 0.3 is 0 Å². The SMILES string of the molecule is O=C(Nc1ccc(Br)cc1Cl)C1(c2ccc(Cl)cc2)CC1. The van der Waals surface area contributed by atoms with Crippen molar-refractivity contribution in [2.45, 2.75) is 18.3 Å². The molecule has 0 spiro atoms. The van der Waals surface area contributed by atoms with Crippen LogP contribution in [0.25, 0.3) is 0 Å². The zero-order chi connectivity index (χ0) is 15.0. The molecule has 1 N–H and O–H groups in total. The fourth-order valence-electron chi connectivity index (χ4n) is 2.37. The van der Waals surface area contributed by atoms with E-state index in [4.69, 9.17) is 23.2 Å². The maximum Gasteiger partial charge on any atom is 0.235 e. The summed E-state index contributed by atoms with van der Waals surface area (Å²) in [5.74, 6) is -0.0194. The lowest BCUT2D eigenvalue weighted by molar-refractivity contribution is -0.118. The molecule has 0 aromatic heterocycles. The van der Waals surface area contributed by atoms with Crippen molar-refractivity contribution in [1.82, 2.24) is 0 Å². The number of benzene rings is 2. The number of amides is 1. The van der Waals surface area contributed by atoms with Gasteiger partial charge in [0, 0.05) is 9.50 Å². The van der Waals surface area contributed by atoms with E-state index < -0.39 is 5.41 Å². The molecule has 1 aliphatic rings. The average Bonchev–Trinajstić information content (AvgIpc) is 3.24. The first-order valence-corrected chi connectivity index (χ1v) is 8.09. The molecule has 0 unspecified atom stereocenters. The monoisotopic (exact) mass is 383 g/mol. The van der Waals surface area contributed by atoms with Gasteiger partial charge in [0.25, 0.3) is 0 Å². The third kappa shape index (κ3) is 2.96. The second-order valence-corrected chi connectivity index (χ2v) is 6.93. The molecule has 21 heavy (non-hydrogen) atoms. The molecule has 1 saturated carbocycles. The molecule has 1 aliphatic carbocycles. The molecule has 0 aliphatic heterocycles. The van der Waals surface area contributed by atoms with Gasteiger partial charge in [0.2, 0.25) is 5.91 Å². The largest absolute Gasteiger partial charge is 0.324 e. The average molecular weight is 385 g/mol. The van der Waals surface area contributed by atoms with Crippen LogP contribution in [0, 0.1) is 0 Å². The highest BCUT2D eigenvalue weighted by atomic mass is 79.9. The third-order valence-corrected chi connectivity index (χ3v) is 4.82. The molecule has 2 aromatic rings. The minimum atomic E-state index is -0.443. The normalized spacial score (nSPS) is 15.6. The molecule has 3 rings (SSSR count). The first-order chi connectivity index (χ1) is 10.0. The molecular formula is C16H12BrCl2NO. The van der Waals surface area contributed by atoms with Gasteiger partial charge in [0.05, 0.1) is 16.1 Å². The van der Waals surface area contributed by atoms with Crippen molar-refractivity contribution in [3.05, 3.63) is 62.5 Å². The maximum absolute atomic E-state index is 12.6. The second-order valence-electron chi connectivity index (χ2n) is 5.17. The Bertz CT molecular complexity index is 696. The first kappa shape index (κ1) is 14.9. The predicted molar refractivity (Wildman–Crippen MR) is 90.1 cm³/mol. The standard InChI is InChI=1S/C16H12BrCl2NO/c17-11-3-6-14(13(19)9-11)20-15(21)16(7-8-16)10-1-4-12(18)5-2-10/h1-6,9H,7-8H2,(H,20,21). The lowest BCUT2D eigenvalue weighted by atomic mass is 9.95. The van der Waals surface area contributed by atoms with Gasteiger partial charge in [-0.25, -0.2) is 0 Å². The Morgan fingerprint density at radius 1 is 1.10 bits per heavy atom. The van der Waals surface area contributed by atoms with Crippen LogP contribution < -0.4 is 5.32 Å². The van der Waals surface area contributed by atoms with Crippen LogP contribution in [-0.4, -0.2) is 5.91 Å². The Labute approximate surface area is 141 Å². The van der Waals surface area contributed by atoms with Crippen LogP contribution in [0.4, 0.5) is 5.69 Å². The number of hydrogen-bond acceptors (Lipinski definition) is 1. The van der Waals surface area contributed by atoms with Crippen molar-refractivity contribution in [3.8, 4) is 0 Å². The zero-order valence-corrected chi connectivity index (χ0v) is 14.1. The molecule has 5 heteroatoms. The number of hydrogen-bond donors (Lipinski definition) is 1. The number of halogens is 3. The highest BCUT2D eigenvalue weighted by molar-refractivity contribution is 9.10. The van der Waals surface area contributed by atoms with Crippen LogP contribution in [0.1, 0.15) is 18.4 Å². The predicted octanol–water partition coefficient (Wildman–Crippen LogP) is 5.43. The molecule has 2 aromatic carbocycles. The number of carbonyl (C=O) groups excluding carboxylic acids is 1. The van der Waals surface area contributed by atoms with Crippen molar-refractivity contribution in [2.24, 2.45) is 0 Å². The lowest BCUT2D eigenvalue weighted by Crippen LogP contribution is -2.27. The van der Waals surface area contributed by atoms with E-state index in [0.717, 1.165) is 22.9 Å². The molecule has 2 nitrogen and oxygen atoms in total. The topological polar surface area (TPSA) is 29.1 Å². The van der Waals surface area contributed by atoms with E-state index >= 15 is 0 Å². The Balaban J connectivity index is 1.83. The van der Waals surface area contributed by atoms with Gasteiger partial charge in [-0.15, -0.1) is 0 Å². The van der Waals surface area contributed by atoms with E-state index in [1.54, 1.807) is 12.1 Å². The van der Waals surface area contributed by atoms with Crippen LogP contribution in [0.15, 0.2) is 46.9 Å². The van der Waals surface area contributed by atoms with Crippen LogP contribution in [-0.2, 0) is 10.2 Å². The van der Waals surface area contributed by atoms with Crippen LogP contribution in [0.5, 0.6) is 0 Å². The number of anilines is 1. The lowest BCUT2D eigenvalue weighted by Gasteiger charge is -2.16. The quantitative estimate of drug-likeness (QED) is 0.751. The molecule has 1 amide bonds. The molecule has 0 atom stereocenters. The Morgan fingerprint density at radius 2 is 1.76 bits per heavy atom. The van der Waals surface area contributed by atoms with Gasteiger partial charge in [-0.3, -0.25) is 4.79 Å². The fourth-order valence-corrected chi connectivity index (χ4v) is 3.22. The van der Waals surface area contributed by atoms with E-state index in [1.807, 2.05) is 30.3 Å². The minimum Gasteiger partial charge on any atom is -0.324 e. The van der Waals surface area contributed by atoms with Crippen molar-refractivity contribution in [1.29, 1.82) is 0 Å². The summed E-state index contributed by atoms with van der Waals surface area (Å²) < 4.78 is 0.879. The molecule has 0 saturated heterocycles. The summed E-state index contributed by atoms with van der Waals surface area (Å²) in [6.45, 7) is 0. The molecule has 0 bridgehead atoms. The van der Waals surface area contributed by atoms with Gasteiger partial charge in [0.1, 0.15) is 0 Å². The van der Waals surface area contributed by atoms with E-state index in [1.165, 1.54) is 0 Å². The van der Waals surface area contributed by atoms with Gasteiger partial charge in [0.15, 0.2) is 0 Å². The van der Waals surface area contributed by atoms with Gasteiger partial charge < -0.3 is 5.32 Å². The zero-order valence-electron chi connectivity index (χ0n) is 11.0. The molecule has 0 radical (unpaired) electrons. The van der Waals surface area contributed by atoms with E-state index in [0.29, 0.717) is 15.7 Å². The van der Waals surface area contributed by atoms with Crippen LogP contribution in [0.3, 0.4) is 0 Å². The highest BCUT2D eigenvalue weighted by Gasteiger charge is 2.51. The molecule has 108 valence electrons. The Hall–Kier alpha value is -1.03. The summed E-state index contributed by atoms with van der Waals surface area (Å²) in [5, 5.41) is 4.12. The number of carbonyl (C=O) groups is 1. The van der Waals surface area contributed by atoms with Crippen LogP contribution in [0.2, 0.25) is 10.0 Å². The van der Waals surface area contributed by atoms with Crippen LogP contribution >= 0.6 is 39.1 Å². The van der Waals surface area contributed by atoms with Crippen molar-refractivity contribution in [3.63, 3.8) is 0 Å². The van der Waals surface area contributed by atoms with E-state index in [9.17, 15) is 4.79 Å². The van der Waals surface area contributed by atoms with Gasteiger partial charge in [-0.1, -0.05) is 51.3 Å². The highest BCUT2D eigenvalue weighted by Crippen LogP contribution is 2.49. The number of nitrogens with one attached hydrogen (secondary N) is 1. The summed E-state index contributed by atoms with van der Waals surface area (Å²) in [6.07, 6.45) is 1.68. The third-order valence-electron chi connectivity index (χ3n) is 3.76. The van der Waals surface area contributed by atoms with E-state index in [2.05, 4.69) is 21.2 Å². The summed E-state index contributed by atoms with van der Waals surface area (Å²) in [6, 6.07) is 12.9. The van der Waals surface area contributed by atoms with Crippen molar-refractivity contribution >= 4 is 50.7 Å². The van der Waals surface area contributed by atoms with Crippen molar-refractivity contribution in [2.75, 3.05) is 5.32 Å². The smallest absolute Gasteiger partial charge is 0.235 e. The summed E-state index contributed by atoms with van der Waals surface area (Å²) in [7, 11) is 0. The summed E-state index contributed by atoms with van der Waals surface area (Å²) in [4.78, 5) is 12.6. The summed E-state index contributed by atoms with van der Waals surface area (Å²) >= 11 is 15.4. The second kappa shape index (κ2) is 5.64. The summed E-state index contributed by atoms with van der Waals surface area (Å²) in [5.41, 5.74) is 1.18. The van der Waals surface area contributed by atoms with Gasteiger partial charge in [-0.2, -0.15) is 0 Å². The minimum absolute atomic E-state index is 0.0194. The molecule has 1 fully saturated rings. The number of rotatable bonds is 3. The van der Waals surface area contributed by atoms with Crippen molar-refractivity contribution < 1.29 is 4.79 Å². The maximum atomic E-state index is 12.6.